The first kappa shape index (κ1) is 16.2. The molecule has 0 N–H and O–H groups in total. The van der Waals surface area contributed by atoms with Crippen molar-refractivity contribution in [1.29, 1.82) is 0 Å². The van der Waals surface area contributed by atoms with Crippen molar-refractivity contribution >= 4 is 8.07 Å². The molecule has 0 unspecified atom stereocenters. The van der Waals surface area contributed by atoms with Crippen molar-refractivity contribution in [3.05, 3.63) is 0 Å². The Hall–Kier alpha value is 0.177. The van der Waals surface area contributed by atoms with Crippen molar-refractivity contribution in [3.8, 4) is 0 Å². The number of hydrogen-bond acceptors (Lipinski definition) is 1. The van der Waals surface area contributed by atoms with Gasteiger partial charge in [0.1, 0.15) is 0 Å². The van der Waals surface area contributed by atoms with Gasteiger partial charge in [-0.2, -0.15) is 0 Å². The summed E-state index contributed by atoms with van der Waals surface area (Å²) in [5.41, 5.74) is 0.837. The average Bonchev–Trinajstić information content (AvgIpc) is 2.21. The second kappa shape index (κ2) is 8.29. The second-order valence-corrected chi connectivity index (χ2v) is 11.5. The van der Waals surface area contributed by atoms with Gasteiger partial charge in [0.25, 0.3) is 0 Å². The van der Waals surface area contributed by atoms with E-state index in [0.29, 0.717) is 6.10 Å². The molecule has 0 spiro atoms. The highest BCUT2D eigenvalue weighted by molar-refractivity contribution is 6.77. The van der Waals surface area contributed by atoms with Gasteiger partial charge in [-0.1, -0.05) is 65.6 Å². The summed E-state index contributed by atoms with van der Waals surface area (Å²) in [6, 6.07) is 0. The van der Waals surface area contributed by atoms with E-state index in [2.05, 4.69) is 33.5 Å². The molecule has 0 saturated heterocycles. The van der Waals surface area contributed by atoms with Gasteiger partial charge in [-0.15, -0.1) is 0 Å². The van der Waals surface area contributed by atoms with Gasteiger partial charge in [-0.25, -0.2) is 0 Å². The monoisotopic (exact) mass is 244 g/mol. The van der Waals surface area contributed by atoms with Crippen molar-refractivity contribution < 1.29 is 4.74 Å². The zero-order chi connectivity index (χ0) is 12.6. The number of hydrogen-bond donors (Lipinski definition) is 0. The van der Waals surface area contributed by atoms with Crippen molar-refractivity contribution in [3.63, 3.8) is 0 Å². The quantitative estimate of drug-likeness (QED) is 0.513. The van der Waals surface area contributed by atoms with Crippen LogP contribution in [0.4, 0.5) is 0 Å². The molecule has 0 aromatic carbocycles. The minimum absolute atomic E-state index is 0.512. The van der Waals surface area contributed by atoms with Gasteiger partial charge >= 0.3 is 0 Å². The maximum absolute atomic E-state index is 5.77. The molecule has 0 rings (SSSR count). The molecule has 0 heterocycles. The number of methoxy groups -OCH3 is 1. The number of ether oxygens (including phenoxy) is 1. The zero-order valence-electron chi connectivity index (χ0n) is 12.3. The summed E-state index contributed by atoms with van der Waals surface area (Å²) in [7, 11) is 0.819. The Bertz CT molecular complexity index is 163. The lowest BCUT2D eigenvalue weighted by Gasteiger charge is -2.35. The van der Waals surface area contributed by atoms with E-state index in [0.717, 1.165) is 5.54 Å². The summed E-state index contributed by atoms with van der Waals surface area (Å²) in [5.74, 6) is 0. The molecule has 1 nitrogen and oxygen atoms in total. The Morgan fingerprint density at radius 2 is 1.44 bits per heavy atom. The Labute approximate surface area is 104 Å². The summed E-state index contributed by atoms with van der Waals surface area (Å²) < 4.78 is 5.77. The van der Waals surface area contributed by atoms with Gasteiger partial charge in [-0.05, 0) is 12.0 Å². The first-order valence-corrected chi connectivity index (χ1v) is 10.6. The molecule has 0 saturated carbocycles. The molecule has 0 amide bonds. The van der Waals surface area contributed by atoms with Crippen LogP contribution in [-0.4, -0.2) is 21.3 Å². The summed E-state index contributed by atoms with van der Waals surface area (Å²) in [6.07, 6.45) is 8.40. The van der Waals surface area contributed by atoms with Crippen LogP contribution in [0.25, 0.3) is 0 Å². The van der Waals surface area contributed by atoms with Crippen LogP contribution < -0.4 is 0 Å². The third-order valence-corrected chi connectivity index (χ3v) is 6.46. The van der Waals surface area contributed by atoms with E-state index in [1.165, 1.54) is 38.5 Å². The van der Waals surface area contributed by atoms with Gasteiger partial charge in [0.05, 0.1) is 14.2 Å². The highest BCUT2D eigenvalue weighted by Gasteiger charge is 2.32. The van der Waals surface area contributed by atoms with E-state index in [1.807, 2.05) is 7.11 Å². The Morgan fingerprint density at radius 1 is 0.938 bits per heavy atom. The SMILES string of the molecule is CCCC[C@@H](OC)[C@H](CCCC)[Si](C)(C)C. The minimum Gasteiger partial charge on any atom is -0.381 e. The van der Waals surface area contributed by atoms with Crippen LogP contribution in [0, 0.1) is 0 Å². The third kappa shape index (κ3) is 6.05. The van der Waals surface area contributed by atoms with Gasteiger partial charge in [-0.3, -0.25) is 0 Å². The van der Waals surface area contributed by atoms with Crippen LogP contribution in [0.3, 0.4) is 0 Å². The fraction of sp³-hybridized carbons (Fsp3) is 1.00. The zero-order valence-corrected chi connectivity index (χ0v) is 13.3. The van der Waals surface area contributed by atoms with E-state index in [9.17, 15) is 0 Å². The van der Waals surface area contributed by atoms with Crippen molar-refractivity contribution in [2.75, 3.05) is 7.11 Å². The molecule has 0 bridgehead atoms. The van der Waals surface area contributed by atoms with Crippen molar-refractivity contribution in [2.24, 2.45) is 0 Å². The molecule has 0 fully saturated rings. The van der Waals surface area contributed by atoms with Gasteiger partial charge < -0.3 is 4.74 Å². The lowest BCUT2D eigenvalue weighted by atomic mass is 10.0. The lowest BCUT2D eigenvalue weighted by molar-refractivity contribution is 0.0819. The molecular formula is C14H32OSi. The largest absolute Gasteiger partial charge is 0.381 e. The molecular weight excluding hydrogens is 212 g/mol. The maximum atomic E-state index is 5.77. The highest BCUT2D eigenvalue weighted by atomic mass is 28.3. The lowest BCUT2D eigenvalue weighted by Crippen LogP contribution is -2.37. The second-order valence-electron chi connectivity index (χ2n) is 6.03. The molecule has 0 aromatic rings. The standard InChI is InChI=1S/C14H32OSi/c1-7-9-11-13(15-3)14(12-10-8-2)16(4,5)6/h13-14H,7-12H2,1-6H3/t13-,14+/m1/s1. The van der Waals surface area contributed by atoms with Gasteiger partial charge in [0.15, 0.2) is 0 Å². The molecule has 0 aliphatic heterocycles. The smallest absolute Gasteiger partial charge is 0.0575 e. The van der Waals surface area contributed by atoms with Crippen LogP contribution in [0.1, 0.15) is 52.4 Å². The summed E-state index contributed by atoms with van der Waals surface area (Å²) in [4.78, 5) is 0. The maximum Gasteiger partial charge on any atom is 0.0575 e. The predicted octanol–water partition coefficient (Wildman–Crippen LogP) is 5.09. The first-order valence-electron chi connectivity index (χ1n) is 7.00. The Kier molecular flexibility index (Phi) is 8.39. The molecule has 2 heteroatoms. The Balaban J connectivity index is 4.43. The fourth-order valence-corrected chi connectivity index (χ4v) is 4.98. The van der Waals surface area contributed by atoms with E-state index >= 15 is 0 Å². The fourth-order valence-electron chi connectivity index (χ4n) is 2.49. The number of rotatable bonds is 9. The molecule has 0 aliphatic rings. The van der Waals surface area contributed by atoms with E-state index in [-0.39, 0.29) is 0 Å². The molecule has 2 atom stereocenters. The topological polar surface area (TPSA) is 9.23 Å². The summed E-state index contributed by atoms with van der Waals surface area (Å²) in [6.45, 7) is 12.0. The molecule has 0 aromatic heterocycles. The van der Waals surface area contributed by atoms with Gasteiger partial charge in [0.2, 0.25) is 0 Å². The third-order valence-electron chi connectivity index (χ3n) is 3.57. The van der Waals surface area contributed by atoms with E-state index in [1.54, 1.807) is 0 Å². The van der Waals surface area contributed by atoms with Crippen LogP contribution in [0.15, 0.2) is 0 Å². The van der Waals surface area contributed by atoms with Crippen LogP contribution >= 0.6 is 0 Å². The van der Waals surface area contributed by atoms with Crippen LogP contribution in [0.5, 0.6) is 0 Å². The van der Waals surface area contributed by atoms with Crippen molar-refractivity contribution in [2.45, 2.75) is 83.7 Å². The Morgan fingerprint density at radius 3 is 1.81 bits per heavy atom. The number of unbranched alkanes of at least 4 members (excludes halogenated alkanes) is 2. The van der Waals surface area contributed by atoms with Gasteiger partial charge in [0, 0.05) is 7.11 Å². The summed E-state index contributed by atoms with van der Waals surface area (Å²) >= 11 is 0. The normalized spacial score (nSPS) is 16.1. The minimum atomic E-state index is -1.08. The molecule has 98 valence electrons. The van der Waals surface area contributed by atoms with Crippen LogP contribution in [-0.2, 0) is 4.74 Å². The van der Waals surface area contributed by atoms with E-state index in [4.69, 9.17) is 4.74 Å². The molecule has 0 radical (unpaired) electrons. The average molecular weight is 244 g/mol. The first-order chi connectivity index (χ1) is 7.47. The predicted molar refractivity (Wildman–Crippen MR) is 76.9 cm³/mol. The summed E-state index contributed by atoms with van der Waals surface area (Å²) in [5, 5.41) is 0. The van der Waals surface area contributed by atoms with Crippen molar-refractivity contribution in [1.82, 2.24) is 0 Å². The van der Waals surface area contributed by atoms with E-state index < -0.39 is 8.07 Å². The van der Waals surface area contributed by atoms with Crippen LogP contribution in [0.2, 0.25) is 25.2 Å². The highest BCUT2D eigenvalue weighted by Crippen LogP contribution is 2.34. The molecule has 0 aliphatic carbocycles. The molecule has 16 heavy (non-hydrogen) atoms.